The fourth-order valence-corrected chi connectivity index (χ4v) is 3.55. The van der Waals surface area contributed by atoms with Gasteiger partial charge in [-0.05, 0) is 25.1 Å². The summed E-state index contributed by atoms with van der Waals surface area (Å²) in [5, 5.41) is 2.59. The number of hydrogen-bond donors (Lipinski definition) is 1. The molecule has 1 N–H and O–H groups in total. The standard InChI is InChI=1S/C17H25N3O4/c1-14(21)18-9-16(22)20-6-8-23-13-17(12-20)4-5-19(11-17)10-15-3-2-7-24-15/h2-3,7H,4-6,8-13H2,1H3,(H,18,21). The lowest BCUT2D eigenvalue weighted by Gasteiger charge is -2.32. The van der Waals surface area contributed by atoms with Gasteiger partial charge in [0.2, 0.25) is 11.8 Å². The molecule has 2 aliphatic rings. The molecule has 0 radical (unpaired) electrons. The highest BCUT2D eigenvalue weighted by molar-refractivity contribution is 5.83. The van der Waals surface area contributed by atoms with Gasteiger partial charge in [-0.25, -0.2) is 0 Å². The SMILES string of the molecule is CC(=O)NCC(=O)N1CCOCC2(CCN(Cc3ccco3)C2)C1. The van der Waals surface area contributed by atoms with Crippen LogP contribution in [0, 0.1) is 5.41 Å². The van der Waals surface area contributed by atoms with Crippen LogP contribution in [0.4, 0.5) is 0 Å². The Hall–Kier alpha value is -1.86. The molecule has 132 valence electrons. The molecule has 2 aliphatic heterocycles. The van der Waals surface area contributed by atoms with Gasteiger partial charge in [0.25, 0.3) is 0 Å². The first-order valence-electron chi connectivity index (χ1n) is 8.41. The van der Waals surface area contributed by atoms with E-state index in [0.717, 1.165) is 31.8 Å². The van der Waals surface area contributed by atoms with E-state index < -0.39 is 0 Å². The summed E-state index contributed by atoms with van der Waals surface area (Å²) in [6, 6.07) is 3.89. The van der Waals surface area contributed by atoms with Gasteiger partial charge in [0.1, 0.15) is 5.76 Å². The number of carbonyl (C=O) groups is 2. The monoisotopic (exact) mass is 335 g/mol. The molecule has 2 saturated heterocycles. The number of amides is 2. The largest absolute Gasteiger partial charge is 0.468 e. The van der Waals surface area contributed by atoms with Gasteiger partial charge in [-0.15, -0.1) is 0 Å². The molecule has 3 rings (SSSR count). The van der Waals surface area contributed by atoms with Crippen LogP contribution in [0.3, 0.4) is 0 Å². The third-order valence-electron chi connectivity index (χ3n) is 4.76. The molecular weight excluding hydrogens is 310 g/mol. The Morgan fingerprint density at radius 3 is 2.96 bits per heavy atom. The maximum absolute atomic E-state index is 12.4. The molecule has 24 heavy (non-hydrogen) atoms. The minimum atomic E-state index is -0.186. The van der Waals surface area contributed by atoms with Gasteiger partial charge in [-0.1, -0.05) is 0 Å². The molecule has 0 saturated carbocycles. The molecule has 7 heteroatoms. The summed E-state index contributed by atoms with van der Waals surface area (Å²) in [5.74, 6) is 0.731. The minimum absolute atomic E-state index is 0.0328. The molecule has 1 aromatic heterocycles. The number of hydrogen-bond acceptors (Lipinski definition) is 5. The molecule has 2 fully saturated rings. The molecule has 1 aromatic rings. The summed E-state index contributed by atoms with van der Waals surface area (Å²) in [6.45, 7) is 6.60. The van der Waals surface area contributed by atoms with Crippen molar-refractivity contribution in [1.82, 2.24) is 15.1 Å². The first-order chi connectivity index (χ1) is 11.6. The Morgan fingerprint density at radius 1 is 1.33 bits per heavy atom. The Morgan fingerprint density at radius 2 is 2.21 bits per heavy atom. The summed E-state index contributed by atoms with van der Waals surface area (Å²) in [6.07, 6.45) is 2.69. The lowest BCUT2D eigenvalue weighted by Crippen LogP contribution is -2.46. The van der Waals surface area contributed by atoms with E-state index in [4.69, 9.17) is 9.15 Å². The summed E-state index contributed by atoms with van der Waals surface area (Å²) >= 11 is 0. The highest BCUT2D eigenvalue weighted by Crippen LogP contribution is 2.34. The quantitative estimate of drug-likeness (QED) is 0.866. The summed E-state index contributed by atoms with van der Waals surface area (Å²) < 4.78 is 11.2. The smallest absolute Gasteiger partial charge is 0.242 e. The molecule has 1 spiro atoms. The van der Waals surface area contributed by atoms with E-state index >= 15 is 0 Å². The fraction of sp³-hybridized carbons (Fsp3) is 0.647. The molecule has 1 atom stereocenters. The molecular formula is C17H25N3O4. The Balaban J connectivity index is 1.60. The number of rotatable bonds is 4. The van der Waals surface area contributed by atoms with E-state index in [1.807, 2.05) is 17.0 Å². The average Bonchev–Trinajstić information content (AvgIpc) is 3.13. The van der Waals surface area contributed by atoms with E-state index in [1.54, 1.807) is 6.26 Å². The maximum Gasteiger partial charge on any atom is 0.242 e. The highest BCUT2D eigenvalue weighted by atomic mass is 16.5. The topological polar surface area (TPSA) is 75.0 Å². The molecule has 7 nitrogen and oxygen atoms in total. The Kier molecular flexibility index (Phi) is 5.20. The summed E-state index contributed by atoms with van der Waals surface area (Å²) in [7, 11) is 0. The van der Waals surface area contributed by atoms with Gasteiger partial charge in [-0.3, -0.25) is 14.5 Å². The minimum Gasteiger partial charge on any atom is -0.468 e. The van der Waals surface area contributed by atoms with Crippen LogP contribution in [0.15, 0.2) is 22.8 Å². The number of furan rings is 1. The van der Waals surface area contributed by atoms with Crippen molar-refractivity contribution < 1.29 is 18.7 Å². The third kappa shape index (κ3) is 4.15. The van der Waals surface area contributed by atoms with Crippen molar-refractivity contribution in [2.75, 3.05) is 45.9 Å². The summed E-state index contributed by atoms with van der Waals surface area (Å²) in [4.78, 5) is 27.6. The number of carbonyl (C=O) groups excluding carboxylic acids is 2. The Bertz CT molecular complexity index is 574. The zero-order valence-electron chi connectivity index (χ0n) is 14.1. The normalized spacial score (nSPS) is 25.0. The van der Waals surface area contributed by atoms with Gasteiger partial charge in [0.15, 0.2) is 0 Å². The van der Waals surface area contributed by atoms with E-state index in [-0.39, 0.29) is 23.8 Å². The van der Waals surface area contributed by atoms with Crippen molar-refractivity contribution in [2.24, 2.45) is 5.41 Å². The third-order valence-corrected chi connectivity index (χ3v) is 4.76. The molecule has 1 unspecified atom stereocenters. The van der Waals surface area contributed by atoms with E-state index in [1.165, 1.54) is 6.92 Å². The van der Waals surface area contributed by atoms with Crippen molar-refractivity contribution in [3.05, 3.63) is 24.2 Å². The van der Waals surface area contributed by atoms with E-state index in [0.29, 0.717) is 26.3 Å². The average molecular weight is 335 g/mol. The number of ether oxygens (including phenoxy) is 1. The van der Waals surface area contributed by atoms with Crippen LogP contribution in [0.5, 0.6) is 0 Å². The molecule has 0 aromatic carbocycles. The van der Waals surface area contributed by atoms with Crippen LogP contribution in [0.1, 0.15) is 19.1 Å². The Labute approximate surface area is 141 Å². The number of nitrogens with zero attached hydrogens (tertiary/aromatic N) is 2. The van der Waals surface area contributed by atoms with Crippen LogP contribution in [-0.2, 0) is 20.9 Å². The van der Waals surface area contributed by atoms with Crippen LogP contribution in [0.25, 0.3) is 0 Å². The molecule has 0 aliphatic carbocycles. The van der Waals surface area contributed by atoms with Gasteiger partial charge in [0.05, 0.1) is 32.6 Å². The first-order valence-corrected chi connectivity index (χ1v) is 8.41. The van der Waals surface area contributed by atoms with Crippen LogP contribution in [-0.4, -0.2) is 67.6 Å². The van der Waals surface area contributed by atoms with Crippen LogP contribution in [0.2, 0.25) is 0 Å². The van der Waals surface area contributed by atoms with Gasteiger partial charge < -0.3 is 19.4 Å². The van der Waals surface area contributed by atoms with E-state index in [9.17, 15) is 9.59 Å². The van der Waals surface area contributed by atoms with Crippen molar-refractivity contribution in [2.45, 2.75) is 19.9 Å². The van der Waals surface area contributed by atoms with Crippen molar-refractivity contribution >= 4 is 11.8 Å². The second-order valence-electron chi connectivity index (χ2n) is 6.82. The predicted molar refractivity (Wildman–Crippen MR) is 87.1 cm³/mol. The van der Waals surface area contributed by atoms with E-state index in [2.05, 4.69) is 10.2 Å². The van der Waals surface area contributed by atoms with Gasteiger partial charge >= 0.3 is 0 Å². The number of likely N-dealkylation sites (tertiary alicyclic amines) is 1. The predicted octanol–water partition coefficient (Wildman–Crippen LogP) is 0.467. The van der Waals surface area contributed by atoms with Crippen LogP contribution < -0.4 is 5.32 Å². The van der Waals surface area contributed by atoms with Crippen molar-refractivity contribution in [3.8, 4) is 0 Å². The molecule has 2 amide bonds. The maximum atomic E-state index is 12.4. The fourth-order valence-electron chi connectivity index (χ4n) is 3.55. The first kappa shape index (κ1) is 17.0. The van der Waals surface area contributed by atoms with Gasteiger partial charge in [0, 0.05) is 32.0 Å². The van der Waals surface area contributed by atoms with Crippen molar-refractivity contribution in [3.63, 3.8) is 0 Å². The summed E-state index contributed by atoms with van der Waals surface area (Å²) in [5.41, 5.74) is -0.0328. The molecule has 0 bridgehead atoms. The van der Waals surface area contributed by atoms with Gasteiger partial charge in [-0.2, -0.15) is 0 Å². The lowest BCUT2D eigenvalue weighted by molar-refractivity contribution is -0.133. The highest BCUT2D eigenvalue weighted by Gasteiger charge is 2.42. The second kappa shape index (κ2) is 7.36. The lowest BCUT2D eigenvalue weighted by atomic mass is 9.87. The van der Waals surface area contributed by atoms with Crippen LogP contribution >= 0.6 is 0 Å². The second-order valence-corrected chi connectivity index (χ2v) is 6.82. The zero-order chi connectivity index (χ0) is 17.0. The number of nitrogens with one attached hydrogen (secondary N) is 1. The molecule has 3 heterocycles. The zero-order valence-corrected chi connectivity index (χ0v) is 14.1. The van der Waals surface area contributed by atoms with Crippen molar-refractivity contribution in [1.29, 1.82) is 0 Å².